The summed E-state index contributed by atoms with van der Waals surface area (Å²) in [5, 5.41) is 0. The van der Waals surface area contributed by atoms with Gasteiger partial charge >= 0.3 is 0 Å². The highest BCUT2D eigenvalue weighted by Crippen LogP contribution is 2.36. The van der Waals surface area contributed by atoms with Crippen LogP contribution in [0.4, 0.5) is 18.9 Å². The molecule has 0 aromatic heterocycles. The summed E-state index contributed by atoms with van der Waals surface area (Å²) in [6.45, 7) is 0. The smallest absolute Gasteiger partial charge is 0.268 e. The maximum absolute atomic E-state index is 13.2. The number of carbonyl (C=O) groups excluding carboxylic acids is 1. The molecule has 3 rings (SSSR count). The summed E-state index contributed by atoms with van der Waals surface area (Å²) in [4.78, 5) is 14.0. The Morgan fingerprint density at radius 1 is 1.00 bits per heavy atom. The van der Waals surface area contributed by atoms with Crippen LogP contribution in [0, 0.1) is 17.5 Å². The first-order valence-electron chi connectivity index (χ1n) is 6.44. The molecular weight excluding hydrogens is 343 g/mol. The molecule has 0 N–H and O–H groups in total. The van der Waals surface area contributed by atoms with Crippen molar-refractivity contribution in [2.45, 2.75) is 0 Å². The van der Waals surface area contributed by atoms with Crippen molar-refractivity contribution in [3.05, 3.63) is 70.4 Å². The number of thioether (sulfide) groups is 1. The SMILES string of the molecule is O=C1C(=Cc2ccc(F)c(F)c2)SC(=S)N1c1ccc(F)cc1. The zero-order valence-electron chi connectivity index (χ0n) is 11.4. The Hall–Kier alpha value is -2.12. The lowest BCUT2D eigenvalue weighted by atomic mass is 10.2. The van der Waals surface area contributed by atoms with Crippen LogP contribution in [0.2, 0.25) is 0 Å². The zero-order chi connectivity index (χ0) is 16.6. The topological polar surface area (TPSA) is 20.3 Å². The Balaban J connectivity index is 1.92. The molecule has 2 aromatic carbocycles. The van der Waals surface area contributed by atoms with E-state index >= 15 is 0 Å². The van der Waals surface area contributed by atoms with Crippen LogP contribution < -0.4 is 4.90 Å². The van der Waals surface area contributed by atoms with E-state index in [2.05, 4.69) is 0 Å². The lowest BCUT2D eigenvalue weighted by Crippen LogP contribution is -2.27. The Labute approximate surface area is 139 Å². The second kappa shape index (κ2) is 6.17. The standard InChI is InChI=1S/C16H8F3NOS2/c17-10-2-4-11(5-3-10)20-15(21)14(23-16(20)22)8-9-1-6-12(18)13(19)7-9/h1-8H. The molecule has 0 atom stereocenters. The first kappa shape index (κ1) is 15.8. The first-order valence-corrected chi connectivity index (χ1v) is 7.67. The lowest BCUT2D eigenvalue weighted by Gasteiger charge is -2.14. The molecule has 1 fully saturated rings. The number of rotatable bonds is 2. The molecule has 7 heteroatoms. The number of carbonyl (C=O) groups is 1. The molecule has 0 spiro atoms. The van der Waals surface area contributed by atoms with Gasteiger partial charge in [0.2, 0.25) is 0 Å². The third-order valence-corrected chi connectivity index (χ3v) is 4.42. The average molecular weight is 351 g/mol. The van der Waals surface area contributed by atoms with E-state index in [4.69, 9.17) is 12.2 Å². The molecule has 0 radical (unpaired) electrons. The van der Waals surface area contributed by atoms with Crippen LogP contribution in [-0.4, -0.2) is 10.2 Å². The van der Waals surface area contributed by atoms with Gasteiger partial charge in [-0.1, -0.05) is 30.0 Å². The highest BCUT2D eigenvalue weighted by atomic mass is 32.2. The van der Waals surface area contributed by atoms with Gasteiger partial charge in [-0.2, -0.15) is 0 Å². The summed E-state index contributed by atoms with van der Waals surface area (Å²) in [5.74, 6) is -2.76. The highest BCUT2D eigenvalue weighted by molar-refractivity contribution is 8.27. The van der Waals surface area contributed by atoms with E-state index in [1.54, 1.807) is 0 Å². The molecule has 1 aliphatic rings. The Morgan fingerprint density at radius 3 is 2.35 bits per heavy atom. The highest BCUT2D eigenvalue weighted by Gasteiger charge is 2.33. The second-order valence-corrected chi connectivity index (χ2v) is 6.34. The third-order valence-electron chi connectivity index (χ3n) is 3.12. The van der Waals surface area contributed by atoms with E-state index in [-0.39, 0.29) is 9.23 Å². The normalized spacial score (nSPS) is 16.5. The molecule has 0 aliphatic carbocycles. The lowest BCUT2D eigenvalue weighted by molar-refractivity contribution is -0.113. The van der Waals surface area contributed by atoms with Gasteiger partial charge in [-0.25, -0.2) is 13.2 Å². The summed E-state index contributed by atoms with van der Waals surface area (Å²) in [6.07, 6.45) is 1.44. The predicted molar refractivity (Wildman–Crippen MR) is 88.4 cm³/mol. The number of nitrogens with zero attached hydrogens (tertiary/aromatic N) is 1. The molecular formula is C16H8F3NOS2. The number of hydrogen-bond acceptors (Lipinski definition) is 3. The fourth-order valence-corrected chi connectivity index (χ4v) is 3.33. The van der Waals surface area contributed by atoms with Gasteiger partial charge in [0.05, 0.1) is 10.6 Å². The maximum Gasteiger partial charge on any atom is 0.270 e. The first-order chi connectivity index (χ1) is 11.0. The number of amides is 1. The van der Waals surface area contributed by atoms with E-state index < -0.39 is 23.4 Å². The van der Waals surface area contributed by atoms with Crippen LogP contribution in [0.25, 0.3) is 6.08 Å². The van der Waals surface area contributed by atoms with Gasteiger partial charge in [-0.3, -0.25) is 9.69 Å². The van der Waals surface area contributed by atoms with E-state index in [9.17, 15) is 18.0 Å². The van der Waals surface area contributed by atoms with Crippen molar-refractivity contribution in [3.63, 3.8) is 0 Å². The van der Waals surface area contributed by atoms with Crippen LogP contribution >= 0.6 is 24.0 Å². The van der Waals surface area contributed by atoms with Crippen molar-refractivity contribution < 1.29 is 18.0 Å². The van der Waals surface area contributed by atoms with Crippen LogP contribution in [0.1, 0.15) is 5.56 Å². The number of anilines is 1. The van der Waals surface area contributed by atoms with E-state index in [1.165, 1.54) is 41.3 Å². The van der Waals surface area contributed by atoms with Gasteiger partial charge in [0, 0.05) is 0 Å². The number of benzene rings is 2. The number of thiocarbonyl (C=S) groups is 1. The number of halogens is 3. The van der Waals surface area contributed by atoms with Crippen LogP contribution in [0.3, 0.4) is 0 Å². The molecule has 0 bridgehead atoms. The summed E-state index contributed by atoms with van der Waals surface area (Å²) >= 11 is 6.22. The molecule has 23 heavy (non-hydrogen) atoms. The molecule has 1 amide bonds. The maximum atomic E-state index is 13.2. The van der Waals surface area contributed by atoms with Crippen LogP contribution in [-0.2, 0) is 4.79 Å². The van der Waals surface area contributed by atoms with Crippen molar-refractivity contribution in [2.24, 2.45) is 0 Å². The summed E-state index contributed by atoms with van der Waals surface area (Å²) in [5.41, 5.74) is 0.797. The molecule has 0 saturated carbocycles. The second-order valence-electron chi connectivity index (χ2n) is 4.67. The molecule has 1 saturated heterocycles. The Kier molecular flexibility index (Phi) is 4.23. The van der Waals surface area contributed by atoms with E-state index in [0.29, 0.717) is 11.3 Å². The fraction of sp³-hybridized carbons (Fsp3) is 0. The Morgan fingerprint density at radius 2 is 1.70 bits per heavy atom. The monoisotopic (exact) mass is 351 g/mol. The summed E-state index contributed by atoms with van der Waals surface area (Å²) in [6, 6.07) is 8.70. The fourth-order valence-electron chi connectivity index (χ4n) is 2.03. The molecule has 2 aromatic rings. The molecule has 1 heterocycles. The van der Waals surface area contributed by atoms with Gasteiger partial charge in [-0.05, 0) is 48.0 Å². The van der Waals surface area contributed by atoms with Gasteiger partial charge in [0.15, 0.2) is 16.0 Å². The molecule has 2 nitrogen and oxygen atoms in total. The Bertz CT molecular complexity index is 834. The van der Waals surface area contributed by atoms with Crippen molar-refractivity contribution in [1.29, 1.82) is 0 Å². The largest absolute Gasteiger partial charge is 0.270 e. The van der Waals surface area contributed by atoms with E-state index in [0.717, 1.165) is 23.9 Å². The van der Waals surface area contributed by atoms with Crippen molar-refractivity contribution >= 4 is 46.0 Å². The zero-order valence-corrected chi connectivity index (χ0v) is 13.1. The molecule has 116 valence electrons. The minimum absolute atomic E-state index is 0.283. The summed E-state index contributed by atoms with van der Waals surface area (Å²) < 4.78 is 39.4. The van der Waals surface area contributed by atoms with Crippen molar-refractivity contribution in [2.75, 3.05) is 4.90 Å². The number of hydrogen-bond donors (Lipinski definition) is 0. The predicted octanol–water partition coefficient (Wildman–Crippen LogP) is 4.51. The minimum atomic E-state index is -0.993. The van der Waals surface area contributed by atoms with Gasteiger partial charge in [0.1, 0.15) is 5.82 Å². The third kappa shape index (κ3) is 3.16. The van der Waals surface area contributed by atoms with Gasteiger partial charge in [-0.15, -0.1) is 0 Å². The van der Waals surface area contributed by atoms with Crippen LogP contribution in [0.5, 0.6) is 0 Å². The molecule has 1 aliphatic heterocycles. The van der Waals surface area contributed by atoms with Crippen molar-refractivity contribution in [1.82, 2.24) is 0 Å². The molecule has 0 unspecified atom stereocenters. The minimum Gasteiger partial charge on any atom is -0.268 e. The average Bonchev–Trinajstić information content (AvgIpc) is 2.79. The summed E-state index contributed by atoms with van der Waals surface area (Å²) in [7, 11) is 0. The van der Waals surface area contributed by atoms with Crippen LogP contribution in [0.15, 0.2) is 47.4 Å². The van der Waals surface area contributed by atoms with Gasteiger partial charge in [0.25, 0.3) is 5.91 Å². The van der Waals surface area contributed by atoms with E-state index in [1.807, 2.05) is 0 Å². The van der Waals surface area contributed by atoms with Crippen molar-refractivity contribution in [3.8, 4) is 0 Å². The van der Waals surface area contributed by atoms with Gasteiger partial charge < -0.3 is 0 Å². The quantitative estimate of drug-likeness (QED) is 0.587.